The highest BCUT2D eigenvalue weighted by atomic mass is 32.2. The molecule has 1 N–H and O–H groups in total. The Morgan fingerprint density at radius 1 is 1.06 bits per heavy atom. The van der Waals surface area contributed by atoms with Gasteiger partial charge in [0.15, 0.2) is 6.61 Å². The van der Waals surface area contributed by atoms with Gasteiger partial charge in [-0.15, -0.1) is 0 Å². The van der Waals surface area contributed by atoms with E-state index in [2.05, 4.69) is 12.2 Å². The van der Waals surface area contributed by atoms with Crippen molar-refractivity contribution in [1.29, 1.82) is 0 Å². The van der Waals surface area contributed by atoms with Gasteiger partial charge in [0.2, 0.25) is 5.91 Å². The molecular weight excluding hydrogens is 478 g/mol. The molecule has 0 atom stereocenters. The number of carbonyl (C=O) groups is 4. The van der Waals surface area contributed by atoms with E-state index in [1.54, 1.807) is 35.2 Å². The van der Waals surface area contributed by atoms with Crippen molar-refractivity contribution in [2.24, 2.45) is 5.92 Å². The minimum Gasteiger partial charge on any atom is -0.484 e. The van der Waals surface area contributed by atoms with Crippen molar-refractivity contribution in [2.45, 2.75) is 26.7 Å². The van der Waals surface area contributed by atoms with Gasteiger partial charge in [-0.05, 0) is 73.4 Å². The van der Waals surface area contributed by atoms with Crippen LogP contribution in [0.4, 0.5) is 10.5 Å². The number of carbonyl (C=O) groups excluding carboxylic acids is 4. The number of ether oxygens (including phenoxy) is 1. The molecule has 36 heavy (non-hydrogen) atoms. The van der Waals surface area contributed by atoms with Gasteiger partial charge in [-0.3, -0.25) is 24.1 Å². The van der Waals surface area contributed by atoms with Crippen LogP contribution in [-0.2, 0) is 14.4 Å². The van der Waals surface area contributed by atoms with Gasteiger partial charge in [-0.25, -0.2) is 0 Å². The molecule has 0 unspecified atom stereocenters. The number of piperidine rings is 1. The second-order valence-corrected chi connectivity index (χ2v) is 10.1. The van der Waals surface area contributed by atoms with Crippen LogP contribution in [0.25, 0.3) is 6.08 Å². The molecule has 2 heterocycles. The first-order valence-corrected chi connectivity index (χ1v) is 12.7. The second-order valence-electron chi connectivity index (χ2n) is 9.10. The number of nitrogens with zero attached hydrogens (tertiary/aromatic N) is 2. The standard InChI is InChI=1S/C27H29N3O5S/c1-18-3-7-21(8-4-18)28-24(31)17-35-22-9-5-20(6-10-22)15-23-26(33)30(27(34)36-23)16-25(32)29-13-11-19(2)12-14-29/h3-10,15,19H,11-14,16-17H2,1-2H3,(H,28,31)/b23-15+. The van der Waals surface area contributed by atoms with Gasteiger partial charge < -0.3 is 15.0 Å². The maximum Gasteiger partial charge on any atom is 0.294 e. The van der Waals surface area contributed by atoms with Crippen LogP contribution >= 0.6 is 11.8 Å². The van der Waals surface area contributed by atoms with Crippen LogP contribution in [0.15, 0.2) is 53.4 Å². The van der Waals surface area contributed by atoms with Crippen LogP contribution in [0.5, 0.6) is 5.75 Å². The average molecular weight is 508 g/mol. The number of benzene rings is 2. The van der Waals surface area contributed by atoms with Crippen LogP contribution in [0.1, 0.15) is 30.9 Å². The summed E-state index contributed by atoms with van der Waals surface area (Å²) in [5.41, 5.74) is 2.51. The number of aryl methyl sites for hydroxylation is 1. The lowest BCUT2D eigenvalue weighted by molar-refractivity contribution is -0.136. The summed E-state index contributed by atoms with van der Waals surface area (Å²) in [6.45, 7) is 5.08. The topological polar surface area (TPSA) is 96.0 Å². The lowest BCUT2D eigenvalue weighted by Gasteiger charge is -2.31. The molecule has 0 spiro atoms. The monoisotopic (exact) mass is 507 g/mol. The maximum absolute atomic E-state index is 12.8. The zero-order valence-corrected chi connectivity index (χ0v) is 21.2. The third-order valence-corrected chi connectivity index (χ3v) is 7.09. The molecule has 2 aliphatic heterocycles. The number of amides is 4. The molecule has 2 aliphatic rings. The van der Waals surface area contributed by atoms with Crippen molar-refractivity contribution < 1.29 is 23.9 Å². The van der Waals surface area contributed by atoms with Crippen LogP contribution < -0.4 is 10.1 Å². The Bertz CT molecular complexity index is 1170. The number of thioether (sulfide) groups is 1. The van der Waals surface area contributed by atoms with Crippen molar-refractivity contribution >= 4 is 46.5 Å². The second kappa shape index (κ2) is 11.4. The quantitative estimate of drug-likeness (QED) is 0.561. The first-order valence-electron chi connectivity index (χ1n) is 11.9. The fraction of sp³-hybridized carbons (Fsp3) is 0.333. The Labute approximate surface area is 214 Å². The highest BCUT2D eigenvalue weighted by molar-refractivity contribution is 8.18. The molecule has 4 rings (SSSR count). The summed E-state index contributed by atoms with van der Waals surface area (Å²) in [5.74, 6) is 0.156. The first kappa shape index (κ1) is 25.5. The summed E-state index contributed by atoms with van der Waals surface area (Å²) in [6.07, 6.45) is 3.49. The number of imide groups is 1. The van der Waals surface area contributed by atoms with Gasteiger partial charge >= 0.3 is 0 Å². The maximum atomic E-state index is 12.8. The fourth-order valence-corrected chi connectivity index (χ4v) is 4.76. The normalized spacial score (nSPS) is 17.6. The Hall–Kier alpha value is -3.59. The minimum absolute atomic E-state index is 0.143. The minimum atomic E-state index is -0.461. The van der Waals surface area contributed by atoms with Gasteiger partial charge in [-0.2, -0.15) is 0 Å². The molecule has 4 amide bonds. The van der Waals surface area contributed by atoms with E-state index in [1.807, 2.05) is 31.2 Å². The van der Waals surface area contributed by atoms with Gasteiger partial charge in [0.1, 0.15) is 12.3 Å². The third-order valence-electron chi connectivity index (χ3n) is 6.19. The molecular formula is C27H29N3O5S. The van der Waals surface area contributed by atoms with Gasteiger partial charge in [0, 0.05) is 18.8 Å². The summed E-state index contributed by atoms with van der Waals surface area (Å²) < 4.78 is 5.54. The molecule has 9 heteroatoms. The SMILES string of the molecule is Cc1ccc(NC(=O)COc2ccc(/C=C3/SC(=O)N(CC(=O)N4CCC(C)CC4)C3=O)cc2)cc1. The zero-order valence-electron chi connectivity index (χ0n) is 20.4. The largest absolute Gasteiger partial charge is 0.484 e. The molecule has 0 aromatic heterocycles. The molecule has 0 bridgehead atoms. The van der Waals surface area contributed by atoms with Crippen molar-refractivity contribution in [3.8, 4) is 5.75 Å². The third kappa shape index (κ3) is 6.54. The molecule has 0 radical (unpaired) electrons. The van der Waals surface area contributed by atoms with E-state index in [-0.39, 0.29) is 29.9 Å². The van der Waals surface area contributed by atoms with Crippen molar-refractivity contribution in [1.82, 2.24) is 9.80 Å². The van der Waals surface area contributed by atoms with E-state index >= 15 is 0 Å². The van der Waals surface area contributed by atoms with E-state index in [4.69, 9.17) is 4.74 Å². The molecule has 2 saturated heterocycles. The van der Waals surface area contributed by atoms with E-state index in [0.29, 0.717) is 36.0 Å². The molecule has 2 aromatic rings. The zero-order chi connectivity index (χ0) is 25.7. The average Bonchev–Trinajstić information content (AvgIpc) is 3.12. The van der Waals surface area contributed by atoms with E-state index in [1.165, 1.54) is 0 Å². The number of hydrogen-bond acceptors (Lipinski definition) is 6. The number of hydrogen-bond donors (Lipinski definition) is 1. The highest BCUT2D eigenvalue weighted by Crippen LogP contribution is 2.32. The van der Waals surface area contributed by atoms with Crippen molar-refractivity contribution in [3.05, 3.63) is 64.6 Å². The van der Waals surface area contributed by atoms with Crippen LogP contribution in [0.3, 0.4) is 0 Å². The lowest BCUT2D eigenvalue weighted by atomic mass is 9.99. The summed E-state index contributed by atoms with van der Waals surface area (Å²) in [6, 6.07) is 14.3. The number of anilines is 1. The highest BCUT2D eigenvalue weighted by Gasteiger charge is 2.37. The van der Waals surface area contributed by atoms with Gasteiger partial charge in [-0.1, -0.05) is 36.8 Å². The van der Waals surface area contributed by atoms with Crippen LogP contribution in [0.2, 0.25) is 0 Å². The fourth-order valence-electron chi connectivity index (χ4n) is 3.92. The summed E-state index contributed by atoms with van der Waals surface area (Å²) >= 11 is 0.829. The lowest BCUT2D eigenvalue weighted by Crippen LogP contribution is -2.45. The summed E-state index contributed by atoms with van der Waals surface area (Å²) in [4.78, 5) is 52.9. The Kier molecular flexibility index (Phi) is 8.10. The Balaban J connectivity index is 1.29. The first-order chi connectivity index (χ1) is 17.3. The summed E-state index contributed by atoms with van der Waals surface area (Å²) in [7, 11) is 0. The summed E-state index contributed by atoms with van der Waals surface area (Å²) in [5, 5.41) is 2.33. The molecule has 8 nitrogen and oxygen atoms in total. The van der Waals surface area contributed by atoms with Crippen LogP contribution in [-0.4, -0.2) is 59.0 Å². The Morgan fingerprint density at radius 2 is 1.72 bits per heavy atom. The molecule has 0 aliphatic carbocycles. The van der Waals surface area contributed by atoms with E-state index in [0.717, 1.165) is 35.1 Å². The van der Waals surface area contributed by atoms with Gasteiger partial charge in [0.05, 0.1) is 4.91 Å². The predicted octanol–water partition coefficient (Wildman–Crippen LogP) is 4.31. The molecule has 2 aromatic carbocycles. The molecule has 2 fully saturated rings. The molecule has 0 saturated carbocycles. The number of nitrogens with one attached hydrogen (secondary N) is 1. The van der Waals surface area contributed by atoms with Crippen molar-refractivity contribution in [3.63, 3.8) is 0 Å². The Morgan fingerprint density at radius 3 is 2.39 bits per heavy atom. The number of likely N-dealkylation sites (tertiary alicyclic amines) is 1. The van der Waals surface area contributed by atoms with E-state index in [9.17, 15) is 19.2 Å². The van der Waals surface area contributed by atoms with Crippen LogP contribution in [0, 0.1) is 12.8 Å². The molecule has 188 valence electrons. The smallest absolute Gasteiger partial charge is 0.294 e. The number of rotatable bonds is 7. The van der Waals surface area contributed by atoms with Crippen molar-refractivity contribution in [2.75, 3.05) is 31.6 Å². The van der Waals surface area contributed by atoms with Gasteiger partial charge in [0.25, 0.3) is 17.1 Å². The van der Waals surface area contributed by atoms with E-state index < -0.39 is 11.1 Å². The predicted molar refractivity (Wildman–Crippen MR) is 139 cm³/mol.